The molecule has 0 unspecified atom stereocenters. The summed E-state index contributed by atoms with van der Waals surface area (Å²) in [5.74, 6) is 1.66. The van der Waals surface area contributed by atoms with E-state index >= 15 is 0 Å². The highest BCUT2D eigenvalue weighted by Gasteiger charge is 2.19. The Morgan fingerprint density at radius 3 is 2.74 bits per heavy atom. The van der Waals surface area contributed by atoms with Crippen molar-refractivity contribution in [3.8, 4) is 17.0 Å². The van der Waals surface area contributed by atoms with Crippen molar-refractivity contribution < 1.29 is 9.26 Å². The van der Waals surface area contributed by atoms with Crippen LogP contribution in [0.5, 0.6) is 5.75 Å². The highest BCUT2D eigenvalue weighted by molar-refractivity contribution is 5.73. The van der Waals surface area contributed by atoms with Crippen molar-refractivity contribution >= 4 is 5.88 Å². The van der Waals surface area contributed by atoms with Gasteiger partial charge >= 0.3 is 0 Å². The maximum absolute atomic E-state index is 5.89. The Kier molecular flexibility index (Phi) is 3.79. The van der Waals surface area contributed by atoms with E-state index in [1.165, 1.54) is 0 Å². The van der Waals surface area contributed by atoms with Crippen LogP contribution in [-0.2, 0) is 6.42 Å². The molecule has 1 aromatic heterocycles. The van der Waals surface area contributed by atoms with E-state index in [0.717, 1.165) is 34.6 Å². The van der Waals surface area contributed by atoms with E-state index in [2.05, 4.69) is 19.0 Å². The first kappa shape index (κ1) is 13.5. The zero-order chi connectivity index (χ0) is 14.0. The normalized spacial score (nSPS) is 11.0. The van der Waals surface area contributed by atoms with E-state index in [4.69, 9.17) is 15.0 Å². The van der Waals surface area contributed by atoms with Crippen molar-refractivity contribution in [2.24, 2.45) is 5.92 Å². The third kappa shape index (κ3) is 2.72. The van der Waals surface area contributed by atoms with Gasteiger partial charge in [0.05, 0.1) is 7.11 Å². The Hall–Kier alpha value is -1.97. The lowest BCUT2D eigenvalue weighted by atomic mass is 9.98. The van der Waals surface area contributed by atoms with Crippen LogP contribution in [0, 0.1) is 12.8 Å². The van der Waals surface area contributed by atoms with Gasteiger partial charge in [0.2, 0.25) is 5.88 Å². The van der Waals surface area contributed by atoms with E-state index in [1.807, 2.05) is 25.1 Å². The summed E-state index contributed by atoms with van der Waals surface area (Å²) < 4.78 is 10.6. The van der Waals surface area contributed by atoms with E-state index in [9.17, 15) is 0 Å². The molecule has 0 amide bonds. The minimum atomic E-state index is 0.396. The molecule has 0 aliphatic rings. The van der Waals surface area contributed by atoms with Crippen LogP contribution in [0.3, 0.4) is 0 Å². The Bertz CT molecular complexity index is 574. The van der Waals surface area contributed by atoms with Crippen molar-refractivity contribution in [1.82, 2.24) is 5.16 Å². The van der Waals surface area contributed by atoms with Crippen LogP contribution in [-0.4, -0.2) is 12.3 Å². The number of methoxy groups -OCH3 is 1. The standard InChI is InChI=1S/C15H20N2O2/c1-9(2)7-12-14(17-19-15(12)16)11-8-10(3)5-6-13(11)18-4/h5-6,8-9H,7,16H2,1-4H3. The molecular formula is C15H20N2O2. The average molecular weight is 260 g/mol. The Morgan fingerprint density at radius 1 is 1.37 bits per heavy atom. The molecule has 2 N–H and O–H groups in total. The Balaban J connectivity index is 2.55. The van der Waals surface area contributed by atoms with Gasteiger partial charge in [-0.2, -0.15) is 0 Å². The van der Waals surface area contributed by atoms with Crippen LogP contribution in [0.15, 0.2) is 22.7 Å². The number of nitrogens with zero attached hydrogens (tertiary/aromatic N) is 1. The van der Waals surface area contributed by atoms with Gasteiger partial charge in [0.25, 0.3) is 0 Å². The summed E-state index contributed by atoms with van der Waals surface area (Å²) in [6, 6.07) is 5.99. The molecule has 1 aromatic carbocycles. The van der Waals surface area contributed by atoms with E-state index in [1.54, 1.807) is 7.11 Å². The van der Waals surface area contributed by atoms with Crippen LogP contribution in [0.2, 0.25) is 0 Å². The largest absolute Gasteiger partial charge is 0.496 e. The molecule has 102 valence electrons. The van der Waals surface area contributed by atoms with Gasteiger partial charge in [-0.25, -0.2) is 0 Å². The van der Waals surface area contributed by atoms with Gasteiger partial charge in [-0.05, 0) is 31.4 Å². The number of aryl methyl sites for hydroxylation is 1. The number of nitrogens with two attached hydrogens (primary N) is 1. The Labute approximate surface area is 113 Å². The van der Waals surface area contributed by atoms with E-state index in [0.29, 0.717) is 11.8 Å². The lowest BCUT2D eigenvalue weighted by Gasteiger charge is -2.10. The first-order valence-electron chi connectivity index (χ1n) is 6.42. The monoisotopic (exact) mass is 260 g/mol. The molecule has 0 bridgehead atoms. The lowest BCUT2D eigenvalue weighted by molar-refractivity contribution is 0.414. The average Bonchev–Trinajstić information content (AvgIpc) is 2.70. The van der Waals surface area contributed by atoms with Crippen molar-refractivity contribution in [2.75, 3.05) is 12.8 Å². The first-order valence-corrected chi connectivity index (χ1v) is 6.42. The zero-order valence-corrected chi connectivity index (χ0v) is 11.9. The van der Waals surface area contributed by atoms with E-state index in [-0.39, 0.29) is 0 Å². The molecule has 0 aliphatic heterocycles. The van der Waals surface area contributed by atoms with Crippen molar-refractivity contribution in [3.05, 3.63) is 29.3 Å². The topological polar surface area (TPSA) is 61.3 Å². The summed E-state index contributed by atoms with van der Waals surface area (Å²) in [6.45, 7) is 6.32. The Morgan fingerprint density at radius 2 is 2.11 bits per heavy atom. The third-order valence-corrected chi connectivity index (χ3v) is 3.04. The highest BCUT2D eigenvalue weighted by atomic mass is 16.5. The zero-order valence-electron chi connectivity index (χ0n) is 11.9. The number of rotatable bonds is 4. The molecule has 1 heterocycles. The second-order valence-electron chi connectivity index (χ2n) is 5.18. The molecule has 0 spiro atoms. The molecule has 0 radical (unpaired) electrons. The van der Waals surface area contributed by atoms with Crippen LogP contribution < -0.4 is 10.5 Å². The summed E-state index contributed by atoms with van der Waals surface area (Å²) in [5.41, 5.74) is 9.70. The maximum atomic E-state index is 5.89. The molecular weight excluding hydrogens is 240 g/mol. The maximum Gasteiger partial charge on any atom is 0.225 e. The van der Waals surface area contributed by atoms with Crippen LogP contribution >= 0.6 is 0 Å². The summed E-state index contributed by atoms with van der Waals surface area (Å²) >= 11 is 0. The second-order valence-corrected chi connectivity index (χ2v) is 5.18. The van der Waals surface area contributed by atoms with Crippen LogP contribution in [0.25, 0.3) is 11.3 Å². The molecule has 0 aliphatic carbocycles. The number of ether oxygens (including phenoxy) is 1. The number of hydrogen-bond acceptors (Lipinski definition) is 4. The minimum absolute atomic E-state index is 0.396. The van der Waals surface area contributed by atoms with Gasteiger partial charge in [-0.1, -0.05) is 30.6 Å². The molecule has 4 nitrogen and oxygen atoms in total. The van der Waals surface area contributed by atoms with Crippen molar-refractivity contribution in [1.29, 1.82) is 0 Å². The van der Waals surface area contributed by atoms with Crippen molar-refractivity contribution in [2.45, 2.75) is 27.2 Å². The second kappa shape index (κ2) is 5.34. The number of hydrogen-bond donors (Lipinski definition) is 1. The molecule has 2 rings (SSSR count). The number of benzene rings is 1. The first-order chi connectivity index (χ1) is 9.02. The predicted octanol–water partition coefficient (Wildman–Crippen LogP) is 3.44. The summed E-state index contributed by atoms with van der Waals surface area (Å²) in [4.78, 5) is 0. The fourth-order valence-electron chi connectivity index (χ4n) is 2.15. The number of aromatic nitrogens is 1. The number of nitrogen functional groups attached to an aromatic ring is 1. The molecule has 19 heavy (non-hydrogen) atoms. The highest BCUT2D eigenvalue weighted by Crippen LogP contribution is 2.35. The van der Waals surface area contributed by atoms with Gasteiger partial charge in [-0.15, -0.1) is 0 Å². The fourth-order valence-corrected chi connectivity index (χ4v) is 2.15. The minimum Gasteiger partial charge on any atom is -0.496 e. The molecule has 0 saturated carbocycles. The van der Waals surface area contributed by atoms with Gasteiger partial charge in [-0.3, -0.25) is 0 Å². The van der Waals surface area contributed by atoms with E-state index < -0.39 is 0 Å². The summed E-state index contributed by atoms with van der Waals surface area (Å²) in [7, 11) is 1.65. The summed E-state index contributed by atoms with van der Waals surface area (Å²) in [5, 5.41) is 4.11. The summed E-state index contributed by atoms with van der Waals surface area (Å²) in [6.07, 6.45) is 0.835. The lowest BCUT2D eigenvalue weighted by Crippen LogP contribution is -1.99. The number of anilines is 1. The molecule has 4 heteroatoms. The van der Waals surface area contributed by atoms with Crippen molar-refractivity contribution in [3.63, 3.8) is 0 Å². The quantitative estimate of drug-likeness (QED) is 0.914. The molecule has 0 saturated heterocycles. The van der Waals surface area contributed by atoms with Gasteiger partial charge in [0.1, 0.15) is 11.4 Å². The molecule has 0 atom stereocenters. The van der Waals surface area contributed by atoms with Gasteiger partial charge in [0.15, 0.2) is 0 Å². The van der Waals surface area contributed by atoms with Crippen LogP contribution in [0.1, 0.15) is 25.0 Å². The smallest absolute Gasteiger partial charge is 0.225 e. The third-order valence-electron chi connectivity index (χ3n) is 3.04. The molecule has 2 aromatic rings. The SMILES string of the molecule is COc1ccc(C)cc1-c1noc(N)c1CC(C)C. The van der Waals surface area contributed by atoms with Gasteiger partial charge in [0, 0.05) is 11.1 Å². The van der Waals surface area contributed by atoms with Crippen LogP contribution in [0.4, 0.5) is 5.88 Å². The van der Waals surface area contributed by atoms with Gasteiger partial charge < -0.3 is 15.0 Å². The molecule has 0 fully saturated rings. The fraction of sp³-hybridized carbons (Fsp3) is 0.400. The predicted molar refractivity (Wildman–Crippen MR) is 76.2 cm³/mol.